The Hall–Kier alpha value is -3.48. The Morgan fingerprint density at radius 3 is 2.56 bits per heavy atom. The molecule has 0 bridgehead atoms. The van der Waals surface area contributed by atoms with Crippen molar-refractivity contribution in [1.29, 1.82) is 0 Å². The highest BCUT2D eigenvalue weighted by molar-refractivity contribution is 5.92. The van der Waals surface area contributed by atoms with Gasteiger partial charge in [0.2, 0.25) is 5.91 Å². The molecule has 25 heavy (non-hydrogen) atoms. The van der Waals surface area contributed by atoms with Gasteiger partial charge in [-0.25, -0.2) is 9.37 Å². The van der Waals surface area contributed by atoms with Crippen LogP contribution in [0.3, 0.4) is 0 Å². The smallest absolute Gasteiger partial charge is 0.254 e. The molecule has 0 spiro atoms. The number of rotatable bonds is 4. The molecule has 2 aromatic carbocycles. The number of nitrogens with zero attached hydrogens (tertiary/aromatic N) is 2. The summed E-state index contributed by atoms with van der Waals surface area (Å²) in [7, 11) is 0. The molecule has 0 aliphatic rings. The highest BCUT2D eigenvalue weighted by Gasteiger charge is 2.09. The Labute approximate surface area is 142 Å². The number of phenolic OH excluding ortho intramolecular Hbond substituents is 1. The summed E-state index contributed by atoms with van der Waals surface area (Å²) in [6.45, 7) is -0.246. The fourth-order valence-electron chi connectivity index (χ4n) is 2.25. The molecule has 126 valence electrons. The molecule has 0 saturated heterocycles. The van der Waals surface area contributed by atoms with Gasteiger partial charge in [0.25, 0.3) is 5.56 Å². The summed E-state index contributed by atoms with van der Waals surface area (Å²) in [5.41, 5.74) is 0.838. The number of anilines is 1. The van der Waals surface area contributed by atoms with Gasteiger partial charge in [-0.3, -0.25) is 14.2 Å². The molecule has 1 heterocycles. The maximum Gasteiger partial charge on any atom is 0.254 e. The van der Waals surface area contributed by atoms with Crippen molar-refractivity contribution >= 4 is 11.6 Å². The van der Waals surface area contributed by atoms with Crippen molar-refractivity contribution in [2.45, 2.75) is 6.54 Å². The van der Waals surface area contributed by atoms with Crippen molar-refractivity contribution in [3.05, 3.63) is 77.1 Å². The van der Waals surface area contributed by atoms with E-state index in [1.165, 1.54) is 42.7 Å². The van der Waals surface area contributed by atoms with Crippen LogP contribution >= 0.6 is 0 Å². The minimum absolute atomic E-state index is 0.0621. The summed E-state index contributed by atoms with van der Waals surface area (Å²) in [6, 6.07) is 13.2. The van der Waals surface area contributed by atoms with Gasteiger partial charge in [-0.15, -0.1) is 0 Å². The van der Waals surface area contributed by atoms with E-state index in [0.717, 1.165) is 4.57 Å². The van der Waals surface area contributed by atoms with Gasteiger partial charge in [0.05, 0.1) is 17.7 Å². The molecular formula is C18H14FN3O3. The summed E-state index contributed by atoms with van der Waals surface area (Å²) < 4.78 is 14.1. The maximum absolute atomic E-state index is 12.9. The molecule has 3 rings (SSSR count). The highest BCUT2D eigenvalue weighted by atomic mass is 19.1. The van der Waals surface area contributed by atoms with Crippen molar-refractivity contribution in [2.24, 2.45) is 0 Å². The van der Waals surface area contributed by atoms with Crippen LogP contribution in [-0.2, 0) is 11.3 Å². The van der Waals surface area contributed by atoms with E-state index in [2.05, 4.69) is 10.3 Å². The molecule has 3 aromatic rings. The average Bonchev–Trinajstić information content (AvgIpc) is 2.59. The highest BCUT2D eigenvalue weighted by Crippen LogP contribution is 2.21. The molecule has 1 amide bonds. The molecule has 0 atom stereocenters. The first-order valence-corrected chi connectivity index (χ1v) is 7.43. The van der Waals surface area contributed by atoms with Gasteiger partial charge in [-0.05, 0) is 36.4 Å². The van der Waals surface area contributed by atoms with E-state index in [4.69, 9.17) is 0 Å². The number of para-hydroxylation sites is 2. The summed E-state index contributed by atoms with van der Waals surface area (Å²) in [5, 5.41) is 12.2. The van der Waals surface area contributed by atoms with E-state index >= 15 is 0 Å². The number of carbonyl (C=O) groups is 1. The summed E-state index contributed by atoms with van der Waals surface area (Å²) in [6.07, 6.45) is 1.26. The predicted octanol–water partition coefficient (Wildman–Crippen LogP) is 2.39. The lowest BCUT2D eigenvalue weighted by Gasteiger charge is -2.09. The number of hydrogen-bond donors (Lipinski definition) is 2. The van der Waals surface area contributed by atoms with Gasteiger partial charge in [0.1, 0.15) is 18.1 Å². The normalized spacial score (nSPS) is 10.4. The fourth-order valence-corrected chi connectivity index (χ4v) is 2.25. The third kappa shape index (κ3) is 3.89. The second kappa shape index (κ2) is 6.96. The largest absolute Gasteiger partial charge is 0.506 e. The first-order chi connectivity index (χ1) is 12.0. The Morgan fingerprint density at radius 2 is 1.88 bits per heavy atom. The van der Waals surface area contributed by atoms with Gasteiger partial charge in [0.15, 0.2) is 0 Å². The Bertz CT molecular complexity index is 968. The lowest BCUT2D eigenvalue weighted by Crippen LogP contribution is -2.27. The summed E-state index contributed by atoms with van der Waals surface area (Å²) in [5.74, 6) is -0.911. The molecular weight excluding hydrogens is 325 g/mol. The third-order valence-electron chi connectivity index (χ3n) is 3.51. The van der Waals surface area contributed by atoms with E-state index in [1.54, 1.807) is 18.2 Å². The second-order valence-electron chi connectivity index (χ2n) is 5.31. The van der Waals surface area contributed by atoms with Crippen LogP contribution in [0.4, 0.5) is 10.1 Å². The number of phenols is 1. The average molecular weight is 339 g/mol. The molecule has 0 radical (unpaired) electrons. The Morgan fingerprint density at radius 1 is 1.16 bits per heavy atom. The fraction of sp³-hybridized carbons (Fsp3) is 0.0556. The van der Waals surface area contributed by atoms with Crippen LogP contribution in [-0.4, -0.2) is 20.6 Å². The lowest BCUT2D eigenvalue weighted by molar-refractivity contribution is -0.116. The first-order valence-electron chi connectivity index (χ1n) is 7.43. The van der Waals surface area contributed by atoms with Crippen LogP contribution in [0.25, 0.3) is 11.3 Å². The van der Waals surface area contributed by atoms with E-state index in [1.807, 2.05) is 0 Å². The van der Waals surface area contributed by atoms with Crippen LogP contribution in [0, 0.1) is 5.82 Å². The predicted molar refractivity (Wildman–Crippen MR) is 90.6 cm³/mol. The monoisotopic (exact) mass is 339 g/mol. The van der Waals surface area contributed by atoms with Crippen molar-refractivity contribution in [1.82, 2.24) is 9.55 Å². The molecule has 0 unspecified atom stereocenters. The number of carbonyl (C=O) groups excluding carboxylic acids is 1. The lowest BCUT2D eigenvalue weighted by atomic mass is 10.1. The van der Waals surface area contributed by atoms with Gasteiger partial charge in [-0.1, -0.05) is 12.1 Å². The number of halogens is 1. The van der Waals surface area contributed by atoms with Gasteiger partial charge < -0.3 is 10.4 Å². The molecule has 7 heteroatoms. The van der Waals surface area contributed by atoms with E-state index < -0.39 is 11.5 Å². The van der Waals surface area contributed by atoms with Crippen molar-refractivity contribution in [2.75, 3.05) is 5.32 Å². The SMILES string of the molecule is O=C(Cn1cnc(-c2ccc(F)cc2)cc1=O)Nc1ccccc1O. The van der Waals surface area contributed by atoms with Gasteiger partial charge in [-0.2, -0.15) is 0 Å². The molecule has 0 saturated carbocycles. The Kier molecular flexibility index (Phi) is 4.56. The summed E-state index contributed by atoms with van der Waals surface area (Å²) in [4.78, 5) is 28.3. The second-order valence-corrected chi connectivity index (χ2v) is 5.31. The molecule has 1 aromatic heterocycles. The molecule has 2 N–H and O–H groups in total. The van der Waals surface area contributed by atoms with Gasteiger partial charge >= 0.3 is 0 Å². The minimum Gasteiger partial charge on any atom is -0.506 e. The number of hydrogen-bond acceptors (Lipinski definition) is 4. The zero-order chi connectivity index (χ0) is 17.8. The zero-order valence-corrected chi connectivity index (χ0v) is 13.0. The number of benzene rings is 2. The summed E-state index contributed by atoms with van der Waals surface area (Å²) >= 11 is 0. The van der Waals surface area contributed by atoms with E-state index in [0.29, 0.717) is 11.3 Å². The van der Waals surface area contributed by atoms with Crippen molar-refractivity contribution < 1.29 is 14.3 Å². The number of nitrogens with one attached hydrogen (secondary N) is 1. The zero-order valence-electron chi connectivity index (χ0n) is 13.0. The van der Waals surface area contributed by atoms with Crippen molar-refractivity contribution in [3.8, 4) is 17.0 Å². The molecule has 0 aliphatic carbocycles. The first kappa shape index (κ1) is 16.4. The van der Waals surface area contributed by atoms with Crippen LogP contribution in [0.15, 0.2) is 65.7 Å². The van der Waals surface area contributed by atoms with Gasteiger partial charge in [0, 0.05) is 11.6 Å². The van der Waals surface area contributed by atoms with E-state index in [9.17, 15) is 19.1 Å². The van der Waals surface area contributed by atoms with Crippen molar-refractivity contribution in [3.63, 3.8) is 0 Å². The van der Waals surface area contributed by atoms with Crippen LogP contribution in [0.1, 0.15) is 0 Å². The Balaban J connectivity index is 1.75. The van der Waals surface area contributed by atoms with E-state index in [-0.39, 0.29) is 23.8 Å². The number of aromatic nitrogens is 2. The maximum atomic E-state index is 12.9. The standard InChI is InChI=1S/C18H14FN3O3/c19-13-7-5-12(6-8-13)15-9-18(25)22(11-20-15)10-17(24)21-14-3-1-2-4-16(14)23/h1-9,11,23H,10H2,(H,21,24). The number of amides is 1. The topological polar surface area (TPSA) is 84.2 Å². The quantitative estimate of drug-likeness (QED) is 0.715. The van der Waals surface area contributed by atoms with Crippen LogP contribution in [0.2, 0.25) is 0 Å². The molecule has 0 fully saturated rings. The minimum atomic E-state index is -0.472. The van der Waals surface area contributed by atoms with Crippen LogP contribution < -0.4 is 10.9 Å². The number of aromatic hydroxyl groups is 1. The third-order valence-corrected chi connectivity index (χ3v) is 3.51. The van der Waals surface area contributed by atoms with Crippen LogP contribution in [0.5, 0.6) is 5.75 Å². The molecule has 6 nitrogen and oxygen atoms in total. The molecule has 0 aliphatic heterocycles.